The highest BCUT2D eigenvalue weighted by Gasteiger charge is 2.15. The molecular formula is C11H14BrClS. The number of thioether (sulfide) groups is 1. The molecule has 0 bridgehead atoms. The molecule has 0 aliphatic carbocycles. The Morgan fingerprint density at radius 2 is 1.86 bits per heavy atom. The molecule has 14 heavy (non-hydrogen) atoms. The van der Waals surface area contributed by atoms with E-state index in [2.05, 4.69) is 41.9 Å². The van der Waals surface area contributed by atoms with Crippen LogP contribution in [0.25, 0.3) is 0 Å². The zero-order valence-corrected chi connectivity index (χ0v) is 11.5. The summed E-state index contributed by atoms with van der Waals surface area (Å²) in [7, 11) is 0. The minimum absolute atomic E-state index is 0.338. The lowest BCUT2D eigenvalue weighted by Gasteiger charge is -2.20. The third kappa shape index (κ3) is 4.24. The summed E-state index contributed by atoms with van der Waals surface area (Å²) in [6.07, 6.45) is 0. The molecule has 0 N–H and O–H groups in total. The van der Waals surface area contributed by atoms with E-state index in [4.69, 9.17) is 11.6 Å². The predicted octanol–water partition coefficient (Wildman–Crippen LogP) is 4.85. The molecule has 0 unspecified atom stereocenters. The Morgan fingerprint density at radius 1 is 1.29 bits per heavy atom. The van der Waals surface area contributed by atoms with Crippen LogP contribution in [0.3, 0.4) is 0 Å². The van der Waals surface area contributed by atoms with Crippen LogP contribution in [0.2, 0.25) is 5.02 Å². The van der Waals surface area contributed by atoms with Crippen molar-refractivity contribution < 1.29 is 0 Å². The summed E-state index contributed by atoms with van der Waals surface area (Å²) in [5.41, 5.74) is 0.338. The van der Waals surface area contributed by atoms with Gasteiger partial charge < -0.3 is 0 Å². The van der Waals surface area contributed by atoms with Crippen molar-refractivity contribution in [1.82, 2.24) is 0 Å². The normalized spacial score (nSPS) is 11.7. The Bertz CT molecular complexity index is 282. The van der Waals surface area contributed by atoms with Crippen molar-refractivity contribution in [2.24, 2.45) is 5.41 Å². The van der Waals surface area contributed by atoms with E-state index in [0.29, 0.717) is 5.41 Å². The zero-order chi connectivity index (χ0) is 10.6. The standard InChI is InChI=1S/C11H14BrClS/c1-11(2,7-12)8-14-10-5-3-9(13)4-6-10/h3-6H,7-8H2,1-2H3. The second-order valence-electron chi connectivity index (χ2n) is 4.04. The molecule has 1 rings (SSSR count). The number of rotatable bonds is 4. The first-order valence-corrected chi connectivity index (χ1v) is 6.96. The van der Waals surface area contributed by atoms with Gasteiger partial charge in [0, 0.05) is 21.0 Å². The highest BCUT2D eigenvalue weighted by molar-refractivity contribution is 9.09. The number of benzene rings is 1. The Morgan fingerprint density at radius 3 is 2.36 bits per heavy atom. The monoisotopic (exact) mass is 292 g/mol. The second-order valence-corrected chi connectivity index (χ2v) is 6.09. The third-order valence-electron chi connectivity index (χ3n) is 1.80. The minimum Gasteiger partial charge on any atom is -0.126 e. The molecule has 0 saturated carbocycles. The van der Waals surface area contributed by atoms with Crippen LogP contribution in [0, 0.1) is 5.41 Å². The summed E-state index contributed by atoms with van der Waals surface area (Å²) in [6.45, 7) is 4.51. The van der Waals surface area contributed by atoms with Gasteiger partial charge in [-0.3, -0.25) is 0 Å². The van der Waals surface area contributed by atoms with Gasteiger partial charge in [0.15, 0.2) is 0 Å². The SMILES string of the molecule is CC(C)(CBr)CSc1ccc(Cl)cc1. The highest BCUT2D eigenvalue weighted by atomic mass is 79.9. The fourth-order valence-electron chi connectivity index (χ4n) is 0.848. The maximum absolute atomic E-state index is 5.81. The van der Waals surface area contributed by atoms with Crippen LogP contribution in [-0.2, 0) is 0 Å². The summed E-state index contributed by atoms with van der Waals surface area (Å²) in [4.78, 5) is 1.28. The summed E-state index contributed by atoms with van der Waals surface area (Å²) >= 11 is 11.2. The van der Waals surface area contributed by atoms with Gasteiger partial charge in [-0.25, -0.2) is 0 Å². The van der Waals surface area contributed by atoms with Crippen molar-refractivity contribution in [3.63, 3.8) is 0 Å². The number of hydrogen-bond donors (Lipinski definition) is 0. The summed E-state index contributed by atoms with van der Waals surface area (Å²) < 4.78 is 0. The first kappa shape index (κ1) is 12.4. The van der Waals surface area contributed by atoms with E-state index < -0.39 is 0 Å². The molecule has 0 saturated heterocycles. The lowest BCUT2D eigenvalue weighted by Crippen LogP contribution is -2.15. The molecule has 1 aromatic carbocycles. The largest absolute Gasteiger partial charge is 0.126 e. The fourth-order valence-corrected chi connectivity index (χ4v) is 2.42. The predicted molar refractivity (Wildman–Crippen MR) is 69.8 cm³/mol. The first-order chi connectivity index (χ1) is 6.53. The Hall–Kier alpha value is 0.340. The summed E-state index contributed by atoms with van der Waals surface area (Å²) in [6, 6.07) is 8.00. The Labute approximate surface area is 104 Å². The van der Waals surface area contributed by atoms with Gasteiger partial charge in [0.05, 0.1) is 0 Å². The van der Waals surface area contributed by atoms with Gasteiger partial charge in [0.2, 0.25) is 0 Å². The molecule has 0 aromatic heterocycles. The van der Waals surface area contributed by atoms with Crippen LogP contribution in [0.4, 0.5) is 0 Å². The maximum Gasteiger partial charge on any atom is 0.0406 e. The molecule has 0 fully saturated rings. The van der Waals surface area contributed by atoms with Gasteiger partial charge >= 0.3 is 0 Å². The van der Waals surface area contributed by atoms with Gasteiger partial charge in [0.1, 0.15) is 0 Å². The second kappa shape index (κ2) is 5.43. The molecular weight excluding hydrogens is 280 g/mol. The molecule has 0 nitrogen and oxygen atoms in total. The number of hydrogen-bond acceptors (Lipinski definition) is 1. The van der Waals surface area contributed by atoms with Crippen molar-refractivity contribution in [3.8, 4) is 0 Å². The first-order valence-electron chi connectivity index (χ1n) is 4.48. The summed E-state index contributed by atoms with van der Waals surface area (Å²) in [5.74, 6) is 1.11. The molecule has 3 heteroatoms. The summed E-state index contributed by atoms with van der Waals surface area (Å²) in [5, 5.41) is 1.83. The van der Waals surface area contributed by atoms with Crippen molar-refractivity contribution in [3.05, 3.63) is 29.3 Å². The van der Waals surface area contributed by atoms with Crippen molar-refractivity contribution in [2.75, 3.05) is 11.1 Å². The molecule has 78 valence electrons. The smallest absolute Gasteiger partial charge is 0.0406 e. The van der Waals surface area contributed by atoms with Crippen molar-refractivity contribution in [1.29, 1.82) is 0 Å². The number of halogens is 2. The minimum atomic E-state index is 0.338. The highest BCUT2D eigenvalue weighted by Crippen LogP contribution is 2.29. The van der Waals surface area contributed by atoms with Crippen LogP contribution in [0.5, 0.6) is 0 Å². The maximum atomic E-state index is 5.81. The molecule has 0 radical (unpaired) electrons. The average Bonchev–Trinajstić information content (AvgIpc) is 2.17. The Kier molecular flexibility index (Phi) is 4.81. The molecule has 0 atom stereocenters. The van der Waals surface area contributed by atoms with Crippen molar-refractivity contribution in [2.45, 2.75) is 18.7 Å². The molecule has 0 heterocycles. The average molecular weight is 294 g/mol. The van der Waals surface area contributed by atoms with Crippen LogP contribution in [0.15, 0.2) is 29.2 Å². The zero-order valence-electron chi connectivity index (χ0n) is 8.39. The van der Waals surface area contributed by atoms with Gasteiger partial charge in [-0.2, -0.15) is 0 Å². The van der Waals surface area contributed by atoms with Gasteiger partial charge in [0.25, 0.3) is 0 Å². The molecule has 0 amide bonds. The molecule has 0 spiro atoms. The van der Waals surface area contributed by atoms with Gasteiger partial charge in [-0.15, -0.1) is 11.8 Å². The lowest BCUT2D eigenvalue weighted by molar-refractivity contribution is 0.496. The van der Waals surface area contributed by atoms with E-state index in [0.717, 1.165) is 16.1 Å². The van der Waals surface area contributed by atoms with E-state index in [9.17, 15) is 0 Å². The van der Waals surface area contributed by atoms with E-state index in [-0.39, 0.29) is 0 Å². The quantitative estimate of drug-likeness (QED) is 0.565. The fraction of sp³-hybridized carbons (Fsp3) is 0.455. The van der Waals surface area contributed by atoms with Crippen LogP contribution < -0.4 is 0 Å². The van der Waals surface area contributed by atoms with Gasteiger partial charge in [-0.05, 0) is 29.7 Å². The van der Waals surface area contributed by atoms with E-state index in [1.165, 1.54) is 4.90 Å². The molecule has 1 aromatic rings. The third-order valence-corrected chi connectivity index (χ3v) is 5.11. The molecule has 0 aliphatic heterocycles. The molecule has 0 aliphatic rings. The van der Waals surface area contributed by atoms with E-state index >= 15 is 0 Å². The van der Waals surface area contributed by atoms with E-state index in [1.807, 2.05) is 23.9 Å². The lowest BCUT2D eigenvalue weighted by atomic mass is 10.0. The van der Waals surface area contributed by atoms with Gasteiger partial charge in [-0.1, -0.05) is 41.4 Å². The van der Waals surface area contributed by atoms with Crippen LogP contribution >= 0.6 is 39.3 Å². The Balaban J connectivity index is 2.50. The van der Waals surface area contributed by atoms with Crippen LogP contribution in [0.1, 0.15) is 13.8 Å². The van der Waals surface area contributed by atoms with E-state index in [1.54, 1.807) is 0 Å². The van der Waals surface area contributed by atoms with Crippen molar-refractivity contribution >= 4 is 39.3 Å². The number of alkyl halides is 1. The van der Waals surface area contributed by atoms with Crippen LogP contribution in [-0.4, -0.2) is 11.1 Å². The topological polar surface area (TPSA) is 0 Å².